The molecule has 0 atom stereocenters. The first-order chi connectivity index (χ1) is 10.5. The van der Waals surface area contributed by atoms with Crippen molar-refractivity contribution in [3.63, 3.8) is 0 Å². The first kappa shape index (κ1) is 14.8. The van der Waals surface area contributed by atoms with Gasteiger partial charge in [0.25, 0.3) is 5.56 Å². The van der Waals surface area contributed by atoms with Crippen LogP contribution in [0.2, 0.25) is 0 Å². The SMILES string of the molecule is CC(C)c1nnc(NC(=O)Cn2cnc3sccc3c2=O)s1. The number of thiophene rings is 1. The monoisotopic (exact) mass is 335 g/mol. The second-order valence-electron chi connectivity index (χ2n) is 4.97. The first-order valence-electron chi connectivity index (χ1n) is 6.60. The average Bonchev–Trinajstić information content (AvgIpc) is 3.11. The van der Waals surface area contributed by atoms with Crippen molar-refractivity contribution in [1.82, 2.24) is 19.7 Å². The summed E-state index contributed by atoms with van der Waals surface area (Å²) in [6.07, 6.45) is 1.39. The van der Waals surface area contributed by atoms with Crippen LogP contribution in [0.5, 0.6) is 0 Å². The van der Waals surface area contributed by atoms with Gasteiger partial charge in [-0.05, 0) is 11.4 Å². The summed E-state index contributed by atoms with van der Waals surface area (Å²) in [6.45, 7) is 3.91. The van der Waals surface area contributed by atoms with Crippen LogP contribution in [0.4, 0.5) is 5.13 Å². The van der Waals surface area contributed by atoms with Crippen LogP contribution in [0.3, 0.4) is 0 Å². The molecule has 1 amide bonds. The molecule has 0 radical (unpaired) electrons. The molecule has 0 aliphatic rings. The van der Waals surface area contributed by atoms with Crippen molar-refractivity contribution in [3.05, 3.63) is 33.1 Å². The number of hydrogen-bond acceptors (Lipinski definition) is 7. The molecule has 0 aliphatic heterocycles. The molecule has 3 aromatic heterocycles. The molecule has 22 heavy (non-hydrogen) atoms. The van der Waals surface area contributed by atoms with Crippen LogP contribution in [0, 0.1) is 0 Å². The Balaban J connectivity index is 1.75. The van der Waals surface area contributed by atoms with Gasteiger partial charge in [-0.15, -0.1) is 21.5 Å². The minimum Gasteiger partial charge on any atom is -0.299 e. The lowest BCUT2D eigenvalue weighted by atomic mass is 10.2. The lowest BCUT2D eigenvalue weighted by Gasteiger charge is -2.04. The van der Waals surface area contributed by atoms with Gasteiger partial charge in [-0.3, -0.25) is 19.5 Å². The zero-order valence-electron chi connectivity index (χ0n) is 11.9. The van der Waals surface area contributed by atoms with E-state index in [1.807, 2.05) is 13.8 Å². The average molecular weight is 335 g/mol. The molecule has 0 spiro atoms. The van der Waals surface area contributed by atoms with Gasteiger partial charge in [-0.2, -0.15) is 0 Å². The fourth-order valence-corrected chi connectivity index (χ4v) is 3.32. The van der Waals surface area contributed by atoms with Crippen molar-refractivity contribution < 1.29 is 4.79 Å². The van der Waals surface area contributed by atoms with Crippen LogP contribution >= 0.6 is 22.7 Å². The number of hydrogen-bond donors (Lipinski definition) is 1. The van der Waals surface area contributed by atoms with E-state index in [-0.39, 0.29) is 23.9 Å². The lowest BCUT2D eigenvalue weighted by molar-refractivity contribution is -0.116. The molecule has 7 nitrogen and oxygen atoms in total. The maximum Gasteiger partial charge on any atom is 0.262 e. The summed E-state index contributed by atoms with van der Waals surface area (Å²) >= 11 is 2.73. The van der Waals surface area contributed by atoms with Gasteiger partial charge in [0.1, 0.15) is 16.4 Å². The first-order valence-corrected chi connectivity index (χ1v) is 8.30. The molecule has 0 bridgehead atoms. The molecular formula is C13H13N5O2S2. The third kappa shape index (κ3) is 2.90. The molecule has 0 saturated carbocycles. The van der Waals surface area contributed by atoms with E-state index < -0.39 is 0 Å². The normalized spacial score (nSPS) is 11.2. The molecule has 3 aromatic rings. The predicted octanol–water partition coefficient (Wildman–Crippen LogP) is 2.07. The van der Waals surface area contributed by atoms with Crippen LogP contribution in [0.15, 0.2) is 22.6 Å². The highest BCUT2D eigenvalue weighted by Crippen LogP contribution is 2.22. The van der Waals surface area contributed by atoms with E-state index >= 15 is 0 Å². The van der Waals surface area contributed by atoms with E-state index in [2.05, 4.69) is 20.5 Å². The van der Waals surface area contributed by atoms with E-state index in [0.717, 1.165) is 5.01 Å². The summed E-state index contributed by atoms with van der Waals surface area (Å²) in [5.41, 5.74) is -0.221. The van der Waals surface area contributed by atoms with Crippen LogP contribution in [0.1, 0.15) is 24.8 Å². The second-order valence-corrected chi connectivity index (χ2v) is 6.87. The standard InChI is InChI=1S/C13H13N5O2S2/c1-7(2)10-16-17-13(22-10)15-9(19)5-18-6-14-11-8(12(18)20)3-4-21-11/h3-4,6-7H,5H2,1-2H3,(H,15,17,19). The summed E-state index contributed by atoms with van der Waals surface area (Å²) in [7, 11) is 0. The number of carbonyl (C=O) groups excluding carboxylic acids is 1. The molecule has 3 rings (SSSR count). The van der Waals surface area contributed by atoms with Crippen LogP contribution < -0.4 is 10.9 Å². The topological polar surface area (TPSA) is 89.8 Å². The number of amides is 1. The van der Waals surface area contributed by atoms with E-state index in [0.29, 0.717) is 15.3 Å². The Morgan fingerprint density at radius 3 is 2.95 bits per heavy atom. The highest BCUT2D eigenvalue weighted by Gasteiger charge is 2.12. The molecule has 1 N–H and O–H groups in total. The summed E-state index contributed by atoms with van der Waals surface area (Å²) in [5, 5.41) is 14.2. The molecular weight excluding hydrogens is 322 g/mol. The van der Waals surface area contributed by atoms with Gasteiger partial charge in [0, 0.05) is 5.92 Å². The van der Waals surface area contributed by atoms with E-state index in [4.69, 9.17) is 0 Å². The van der Waals surface area contributed by atoms with E-state index in [1.165, 1.54) is 33.6 Å². The summed E-state index contributed by atoms with van der Waals surface area (Å²) in [6, 6.07) is 1.71. The van der Waals surface area contributed by atoms with Gasteiger partial charge < -0.3 is 0 Å². The predicted molar refractivity (Wildman–Crippen MR) is 86.5 cm³/mol. The van der Waals surface area contributed by atoms with Gasteiger partial charge >= 0.3 is 0 Å². The maximum absolute atomic E-state index is 12.2. The van der Waals surface area contributed by atoms with Gasteiger partial charge in [-0.25, -0.2) is 4.98 Å². The molecule has 0 aromatic carbocycles. The molecule has 3 heterocycles. The Labute approximate surface area is 133 Å². The highest BCUT2D eigenvalue weighted by atomic mass is 32.1. The maximum atomic E-state index is 12.2. The Morgan fingerprint density at radius 2 is 2.23 bits per heavy atom. The summed E-state index contributed by atoms with van der Waals surface area (Å²) < 4.78 is 1.29. The number of fused-ring (bicyclic) bond motifs is 1. The largest absolute Gasteiger partial charge is 0.299 e. The molecule has 9 heteroatoms. The molecule has 0 unspecified atom stereocenters. The number of nitrogens with one attached hydrogen (secondary N) is 1. The van der Waals surface area contributed by atoms with E-state index in [9.17, 15) is 9.59 Å². The molecule has 114 valence electrons. The molecule has 0 fully saturated rings. The minimum absolute atomic E-state index is 0.103. The zero-order valence-corrected chi connectivity index (χ0v) is 13.6. The molecule has 0 saturated heterocycles. The van der Waals surface area contributed by atoms with Crippen molar-refractivity contribution in [2.45, 2.75) is 26.3 Å². The van der Waals surface area contributed by atoms with Crippen molar-refractivity contribution >= 4 is 43.9 Å². The van der Waals surface area contributed by atoms with Crippen molar-refractivity contribution in [1.29, 1.82) is 0 Å². The minimum atomic E-state index is -0.329. The van der Waals surface area contributed by atoms with Crippen LogP contribution in [-0.2, 0) is 11.3 Å². The van der Waals surface area contributed by atoms with Gasteiger partial charge in [0.15, 0.2) is 0 Å². The summed E-state index contributed by atoms with van der Waals surface area (Å²) in [5.74, 6) is -0.0686. The fraction of sp³-hybridized carbons (Fsp3) is 0.308. The lowest BCUT2D eigenvalue weighted by Crippen LogP contribution is -2.27. The van der Waals surface area contributed by atoms with Crippen LogP contribution in [-0.4, -0.2) is 25.7 Å². The highest BCUT2D eigenvalue weighted by molar-refractivity contribution is 7.16. The number of aromatic nitrogens is 4. The van der Waals surface area contributed by atoms with Crippen molar-refractivity contribution in [3.8, 4) is 0 Å². The van der Waals surface area contributed by atoms with Crippen molar-refractivity contribution in [2.24, 2.45) is 0 Å². The smallest absolute Gasteiger partial charge is 0.262 e. The number of anilines is 1. The Bertz CT molecular complexity index is 880. The number of rotatable bonds is 4. The fourth-order valence-electron chi connectivity index (χ4n) is 1.84. The number of nitrogens with zero attached hydrogens (tertiary/aromatic N) is 4. The molecule has 0 aliphatic carbocycles. The van der Waals surface area contributed by atoms with Crippen molar-refractivity contribution in [2.75, 3.05) is 5.32 Å². The quantitative estimate of drug-likeness (QED) is 0.788. The third-order valence-corrected chi connectivity index (χ3v) is 4.91. The summed E-state index contributed by atoms with van der Waals surface area (Å²) in [4.78, 5) is 29.1. The van der Waals surface area contributed by atoms with E-state index in [1.54, 1.807) is 11.4 Å². The van der Waals surface area contributed by atoms with Crippen LogP contribution in [0.25, 0.3) is 10.2 Å². The van der Waals surface area contributed by atoms with Gasteiger partial charge in [0.2, 0.25) is 11.0 Å². The number of carbonyl (C=O) groups is 1. The second kappa shape index (κ2) is 5.93. The Kier molecular flexibility index (Phi) is 3.99. The Hall–Kier alpha value is -2.13. The Morgan fingerprint density at radius 1 is 1.41 bits per heavy atom. The third-order valence-electron chi connectivity index (χ3n) is 2.95. The van der Waals surface area contributed by atoms with Gasteiger partial charge in [0.05, 0.1) is 11.7 Å². The zero-order chi connectivity index (χ0) is 15.7. The van der Waals surface area contributed by atoms with Gasteiger partial charge in [-0.1, -0.05) is 25.2 Å².